The van der Waals surface area contributed by atoms with E-state index < -0.39 is 17.1 Å². The number of hydrogen-bond donors (Lipinski definition) is 2. The topological polar surface area (TPSA) is 94.9 Å². The van der Waals surface area contributed by atoms with Gasteiger partial charge in [-0.1, -0.05) is 12.1 Å². The summed E-state index contributed by atoms with van der Waals surface area (Å²) in [6, 6.07) is 6.05. The minimum atomic E-state index is -0.870. The molecular formula is C25H29FN4O4S. The highest BCUT2D eigenvalue weighted by Gasteiger charge is 2.45. The quantitative estimate of drug-likeness (QED) is 0.670. The second-order valence-corrected chi connectivity index (χ2v) is 10.7. The second kappa shape index (κ2) is 9.66. The SMILES string of the molecule is C[C@H]1CCN(C2CCSCC2)[C@@H]2Cn3cc(C(=O)NCc4ccc(F)cc4)c(=O)c(O)c3C(=O)N12. The fourth-order valence-electron chi connectivity index (χ4n) is 5.41. The van der Waals surface area contributed by atoms with Gasteiger partial charge in [0.25, 0.3) is 11.8 Å². The zero-order valence-electron chi connectivity index (χ0n) is 19.6. The van der Waals surface area contributed by atoms with Crippen LogP contribution in [-0.2, 0) is 13.1 Å². The fraction of sp³-hybridized carbons (Fsp3) is 0.480. The third-order valence-electron chi connectivity index (χ3n) is 7.31. The highest BCUT2D eigenvalue weighted by molar-refractivity contribution is 7.99. The summed E-state index contributed by atoms with van der Waals surface area (Å²) in [6.07, 6.45) is 4.17. The third kappa shape index (κ3) is 4.45. The molecule has 4 heterocycles. The predicted molar refractivity (Wildman–Crippen MR) is 131 cm³/mol. The van der Waals surface area contributed by atoms with Crippen LogP contribution in [0.5, 0.6) is 5.75 Å². The molecule has 186 valence electrons. The molecule has 35 heavy (non-hydrogen) atoms. The van der Waals surface area contributed by atoms with Crippen LogP contribution in [0.4, 0.5) is 4.39 Å². The Kier molecular flexibility index (Phi) is 6.59. The van der Waals surface area contributed by atoms with E-state index in [0.717, 1.165) is 37.3 Å². The zero-order chi connectivity index (χ0) is 24.7. The molecule has 2 fully saturated rings. The van der Waals surface area contributed by atoms with Crippen molar-refractivity contribution in [3.05, 3.63) is 63.3 Å². The van der Waals surface area contributed by atoms with E-state index in [4.69, 9.17) is 0 Å². The predicted octanol–water partition coefficient (Wildman–Crippen LogP) is 2.39. The number of halogens is 1. The zero-order valence-corrected chi connectivity index (χ0v) is 20.4. The molecule has 8 nitrogen and oxygen atoms in total. The Morgan fingerprint density at radius 1 is 1.17 bits per heavy atom. The van der Waals surface area contributed by atoms with Gasteiger partial charge in [-0.2, -0.15) is 11.8 Å². The lowest BCUT2D eigenvalue weighted by atomic mass is 9.99. The van der Waals surface area contributed by atoms with Crippen LogP contribution in [0.2, 0.25) is 0 Å². The summed E-state index contributed by atoms with van der Waals surface area (Å²) in [6.45, 7) is 3.36. The molecule has 3 aliphatic rings. The molecule has 1 aromatic heterocycles. The molecule has 0 radical (unpaired) electrons. The van der Waals surface area contributed by atoms with Crippen molar-refractivity contribution in [2.45, 2.75) is 57.5 Å². The molecule has 0 bridgehead atoms. The number of nitrogens with one attached hydrogen (secondary N) is 1. The number of pyridine rings is 1. The normalized spacial score (nSPS) is 23.0. The van der Waals surface area contributed by atoms with Crippen LogP contribution in [0, 0.1) is 5.82 Å². The molecule has 1 aromatic carbocycles. The molecule has 10 heteroatoms. The molecule has 2 amide bonds. The molecule has 0 saturated carbocycles. The maximum absolute atomic E-state index is 13.5. The van der Waals surface area contributed by atoms with Crippen molar-refractivity contribution in [2.24, 2.45) is 0 Å². The van der Waals surface area contributed by atoms with Crippen molar-refractivity contribution in [1.29, 1.82) is 0 Å². The molecule has 0 spiro atoms. The van der Waals surface area contributed by atoms with Gasteiger partial charge in [-0.3, -0.25) is 19.3 Å². The van der Waals surface area contributed by atoms with Gasteiger partial charge in [0.05, 0.1) is 6.54 Å². The molecule has 2 aromatic rings. The molecule has 0 unspecified atom stereocenters. The van der Waals surface area contributed by atoms with Crippen LogP contribution >= 0.6 is 11.8 Å². The van der Waals surface area contributed by atoms with E-state index in [1.807, 2.05) is 18.7 Å². The average molecular weight is 501 g/mol. The van der Waals surface area contributed by atoms with E-state index in [-0.39, 0.29) is 41.7 Å². The summed E-state index contributed by atoms with van der Waals surface area (Å²) in [5, 5.41) is 13.4. The van der Waals surface area contributed by atoms with Crippen molar-refractivity contribution in [3.63, 3.8) is 0 Å². The number of nitrogens with zero attached hydrogens (tertiary/aromatic N) is 3. The monoisotopic (exact) mass is 500 g/mol. The summed E-state index contributed by atoms with van der Waals surface area (Å²) in [5.74, 6) is 0.0880. The maximum Gasteiger partial charge on any atom is 0.276 e. The fourth-order valence-corrected chi connectivity index (χ4v) is 6.49. The summed E-state index contributed by atoms with van der Waals surface area (Å²) in [5.41, 5.74) is -0.482. The molecule has 5 rings (SSSR count). The van der Waals surface area contributed by atoms with Crippen LogP contribution < -0.4 is 10.7 Å². The number of carbonyl (C=O) groups excluding carboxylic acids is 2. The lowest BCUT2D eigenvalue weighted by Crippen LogP contribution is -2.66. The van der Waals surface area contributed by atoms with Gasteiger partial charge in [-0.15, -0.1) is 0 Å². The van der Waals surface area contributed by atoms with Crippen LogP contribution in [0.15, 0.2) is 35.3 Å². The maximum atomic E-state index is 13.5. The van der Waals surface area contributed by atoms with Gasteiger partial charge in [-0.25, -0.2) is 4.39 Å². The highest BCUT2D eigenvalue weighted by Crippen LogP contribution is 2.34. The Morgan fingerprint density at radius 2 is 1.89 bits per heavy atom. The minimum Gasteiger partial charge on any atom is -0.503 e. The molecular weight excluding hydrogens is 471 g/mol. The van der Waals surface area contributed by atoms with E-state index in [2.05, 4.69) is 10.2 Å². The number of carbonyl (C=O) groups is 2. The largest absolute Gasteiger partial charge is 0.503 e. The van der Waals surface area contributed by atoms with Crippen molar-refractivity contribution in [3.8, 4) is 5.75 Å². The number of amides is 2. The number of benzene rings is 1. The first-order chi connectivity index (χ1) is 16.8. The van der Waals surface area contributed by atoms with E-state index in [9.17, 15) is 23.9 Å². The molecule has 3 aliphatic heterocycles. The van der Waals surface area contributed by atoms with Gasteiger partial charge in [0.2, 0.25) is 5.43 Å². The van der Waals surface area contributed by atoms with Crippen LogP contribution in [-0.4, -0.2) is 67.6 Å². The van der Waals surface area contributed by atoms with Crippen LogP contribution in [0.25, 0.3) is 0 Å². The molecule has 0 aliphatic carbocycles. The Labute approximate surface area is 207 Å². The Balaban J connectivity index is 1.44. The standard InChI is InChI=1S/C25H29FN4O4S/c1-15-6-9-29(18-7-10-35-11-8-18)20-14-28-13-19(22(31)23(32)21(28)25(34)30(15)20)24(33)27-12-16-2-4-17(26)5-3-16/h2-5,13,15,18,20,32H,6-12,14H2,1H3,(H,27,33)/t15-,20-/m0/s1. The Bertz CT molecular complexity index is 1200. The van der Waals surface area contributed by atoms with E-state index in [1.165, 1.54) is 18.3 Å². The molecule has 2 saturated heterocycles. The highest BCUT2D eigenvalue weighted by atomic mass is 32.2. The second-order valence-electron chi connectivity index (χ2n) is 9.44. The number of hydrogen-bond acceptors (Lipinski definition) is 6. The lowest BCUT2D eigenvalue weighted by molar-refractivity contribution is -0.0530. The molecule has 2 N–H and O–H groups in total. The van der Waals surface area contributed by atoms with Gasteiger partial charge in [0.15, 0.2) is 11.4 Å². The van der Waals surface area contributed by atoms with E-state index in [0.29, 0.717) is 18.2 Å². The van der Waals surface area contributed by atoms with Crippen molar-refractivity contribution in [1.82, 2.24) is 19.7 Å². The van der Waals surface area contributed by atoms with Crippen LogP contribution in [0.1, 0.15) is 52.6 Å². The van der Waals surface area contributed by atoms with Gasteiger partial charge >= 0.3 is 0 Å². The summed E-state index contributed by atoms with van der Waals surface area (Å²) >= 11 is 1.95. The number of aromatic hydroxyl groups is 1. The summed E-state index contributed by atoms with van der Waals surface area (Å²) in [7, 11) is 0. The van der Waals surface area contributed by atoms with Gasteiger partial charge in [0, 0.05) is 31.4 Å². The number of thioether (sulfide) groups is 1. The van der Waals surface area contributed by atoms with Crippen LogP contribution in [0.3, 0.4) is 0 Å². The number of rotatable bonds is 4. The van der Waals surface area contributed by atoms with Gasteiger partial charge < -0.3 is 19.9 Å². The number of aromatic nitrogens is 1. The van der Waals surface area contributed by atoms with Crippen molar-refractivity contribution < 1.29 is 19.1 Å². The average Bonchev–Trinajstić information content (AvgIpc) is 2.86. The smallest absolute Gasteiger partial charge is 0.276 e. The first-order valence-electron chi connectivity index (χ1n) is 12.0. The summed E-state index contributed by atoms with van der Waals surface area (Å²) in [4.78, 5) is 43.5. The van der Waals surface area contributed by atoms with E-state index in [1.54, 1.807) is 21.6 Å². The minimum absolute atomic E-state index is 0.0105. The Morgan fingerprint density at radius 3 is 2.60 bits per heavy atom. The lowest BCUT2D eigenvalue weighted by Gasteiger charge is -2.53. The third-order valence-corrected chi connectivity index (χ3v) is 8.36. The first kappa shape index (κ1) is 23.9. The first-order valence-corrected chi connectivity index (χ1v) is 13.2. The van der Waals surface area contributed by atoms with Gasteiger partial charge in [0.1, 0.15) is 17.5 Å². The molecule has 2 atom stereocenters. The Hall–Kier alpha value is -2.85. The van der Waals surface area contributed by atoms with Gasteiger partial charge in [-0.05, 0) is 55.4 Å². The van der Waals surface area contributed by atoms with Crippen molar-refractivity contribution >= 4 is 23.6 Å². The summed E-state index contributed by atoms with van der Waals surface area (Å²) < 4.78 is 14.7. The van der Waals surface area contributed by atoms with E-state index >= 15 is 0 Å². The number of fused-ring (bicyclic) bond motifs is 2. The van der Waals surface area contributed by atoms with Crippen molar-refractivity contribution in [2.75, 3.05) is 18.1 Å².